The molecule has 5 heteroatoms. The Morgan fingerprint density at radius 1 is 1.41 bits per heavy atom. The van der Waals surface area contributed by atoms with E-state index in [1.807, 2.05) is 6.92 Å². The molecule has 1 N–H and O–H groups in total. The maximum absolute atomic E-state index is 14.0. The van der Waals surface area contributed by atoms with Crippen LogP contribution in [0.5, 0.6) is 11.5 Å². The van der Waals surface area contributed by atoms with E-state index in [1.165, 1.54) is 11.0 Å². The summed E-state index contributed by atoms with van der Waals surface area (Å²) in [6.07, 6.45) is 5.42. The number of hydrogen-bond acceptors (Lipinski definition) is 3. The van der Waals surface area contributed by atoms with Crippen LogP contribution in [0.3, 0.4) is 0 Å². The second kappa shape index (κ2) is 5.94. The highest BCUT2D eigenvalue weighted by Crippen LogP contribution is 2.34. The van der Waals surface area contributed by atoms with Crippen molar-refractivity contribution in [2.45, 2.75) is 13.3 Å². The number of aromatic hydroxyl groups is 1. The van der Waals surface area contributed by atoms with Crippen LogP contribution in [0.1, 0.15) is 18.1 Å². The summed E-state index contributed by atoms with van der Waals surface area (Å²) in [5.41, 5.74) is 0.753. The van der Waals surface area contributed by atoms with Crippen molar-refractivity contribution in [3.8, 4) is 23.8 Å². The van der Waals surface area contributed by atoms with E-state index in [0.717, 1.165) is 5.56 Å². The molecule has 0 heterocycles. The van der Waals surface area contributed by atoms with Gasteiger partial charge in [-0.05, 0) is 35.6 Å². The molecule has 0 unspecified atom stereocenters. The highest BCUT2D eigenvalue weighted by molar-refractivity contribution is 5.94. The van der Waals surface area contributed by atoms with Gasteiger partial charge in [0, 0.05) is 19.5 Å². The Morgan fingerprint density at radius 2 is 2.09 bits per heavy atom. The smallest absolute Gasteiger partial charge is 0.414 e. The molecule has 0 aliphatic heterocycles. The van der Waals surface area contributed by atoms with Crippen molar-refractivity contribution in [2.75, 3.05) is 14.1 Å². The maximum atomic E-state index is 14.0. The third-order valence-electron chi connectivity index (χ3n) is 3.31. The lowest BCUT2D eigenvalue weighted by Crippen LogP contribution is -2.25. The van der Waals surface area contributed by atoms with Crippen LogP contribution in [0, 0.1) is 18.2 Å². The molecule has 0 aliphatic carbocycles. The molecule has 0 bridgehead atoms. The molecule has 4 nitrogen and oxygen atoms in total. The number of carbonyl (C=O) groups is 1. The average Bonchev–Trinajstić information content (AvgIpc) is 2.48. The predicted molar refractivity (Wildman–Crippen MR) is 82.6 cm³/mol. The number of hydrogen-bond donors (Lipinski definition) is 1. The molecule has 0 aliphatic rings. The van der Waals surface area contributed by atoms with Crippen molar-refractivity contribution in [2.24, 2.45) is 0 Å². The minimum Gasteiger partial charge on any atom is -0.505 e. The van der Waals surface area contributed by atoms with Gasteiger partial charge in [-0.1, -0.05) is 12.8 Å². The number of amides is 1. The molecule has 0 saturated carbocycles. The van der Waals surface area contributed by atoms with E-state index < -0.39 is 17.7 Å². The average molecular weight is 301 g/mol. The Hall–Kier alpha value is -2.74. The van der Waals surface area contributed by atoms with E-state index in [2.05, 4.69) is 5.92 Å². The van der Waals surface area contributed by atoms with Crippen molar-refractivity contribution in [3.63, 3.8) is 0 Å². The fourth-order valence-electron chi connectivity index (χ4n) is 2.23. The van der Waals surface area contributed by atoms with E-state index >= 15 is 0 Å². The minimum absolute atomic E-state index is 0.0114. The maximum Gasteiger partial charge on any atom is 0.414 e. The molecular formula is C17H16FNO3. The summed E-state index contributed by atoms with van der Waals surface area (Å²) >= 11 is 0. The monoisotopic (exact) mass is 301 g/mol. The van der Waals surface area contributed by atoms with Crippen molar-refractivity contribution in [1.82, 2.24) is 4.90 Å². The number of terminal acetylenes is 1. The summed E-state index contributed by atoms with van der Waals surface area (Å²) in [5.74, 6) is 1.25. The summed E-state index contributed by atoms with van der Waals surface area (Å²) < 4.78 is 19.2. The zero-order chi connectivity index (χ0) is 16.4. The van der Waals surface area contributed by atoms with Crippen LogP contribution in [0.4, 0.5) is 9.18 Å². The lowest BCUT2D eigenvalue weighted by Gasteiger charge is -2.14. The third-order valence-corrected chi connectivity index (χ3v) is 3.31. The molecule has 1 amide bonds. The molecule has 2 rings (SSSR count). The van der Waals surface area contributed by atoms with Gasteiger partial charge in [-0.3, -0.25) is 0 Å². The zero-order valence-electron chi connectivity index (χ0n) is 12.6. The molecule has 114 valence electrons. The van der Waals surface area contributed by atoms with E-state index in [-0.39, 0.29) is 5.56 Å². The Labute approximate surface area is 128 Å². The number of benzene rings is 2. The van der Waals surface area contributed by atoms with Crippen molar-refractivity contribution in [1.29, 1.82) is 0 Å². The number of halogens is 1. The summed E-state index contributed by atoms with van der Waals surface area (Å²) in [7, 11) is 3.14. The molecular weight excluding hydrogens is 285 g/mol. The van der Waals surface area contributed by atoms with Crippen molar-refractivity contribution >= 4 is 16.9 Å². The van der Waals surface area contributed by atoms with Gasteiger partial charge in [0.05, 0.1) is 5.56 Å². The van der Waals surface area contributed by atoms with Gasteiger partial charge in [0.15, 0.2) is 11.6 Å². The molecule has 0 saturated heterocycles. The summed E-state index contributed by atoms with van der Waals surface area (Å²) in [4.78, 5) is 13.0. The fourth-order valence-corrected chi connectivity index (χ4v) is 2.23. The van der Waals surface area contributed by atoms with Gasteiger partial charge in [-0.2, -0.15) is 0 Å². The van der Waals surface area contributed by atoms with E-state index in [1.54, 1.807) is 26.2 Å². The van der Waals surface area contributed by atoms with E-state index in [4.69, 9.17) is 11.2 Å². The van der Waals surface area contributed by atoms with Crippen LogP contribution >= 0.6 is 0 Å². The highest BCUT2D eigenvalue weighted by atomic mass is 19.1. The molecule has 0 spiro atoms. The topological polar surface area (TPSA) is 49.8 Å². The lowest BCUT2D eigenvalue weighted by atomic mass is 9.96. The first kappa shape index (κ1) is 15.6. The lowest BCUT2D eigenvalue weighted by molar-refractivity contribution is 0.172. The molecule has 0 fully saturated rings. The van der Waals surface area contributed by atoms with E-state index in [0.29, 0.717) is 22.9 Å². The minimum atomic E-state index is -0.817. The van der Waals surface area contributed by atoms with Crippen molar-refractivity contribution < 1.29 is 19.0 Å². The van der Waals surface area contributed by atoms with Gasteiger partial charge in [-0.15, -0.1) is 6.42 Å². The van der Waals surface area contributed by atoms with Gasteiger partial charge in [0.25, 0.3) is 0 Å². The second-order valence-electron chi connectivity index (χ2n) is 5.03. The molecule has 2 aromatic rings. The van der Waals surface area contributed by atoms with Crippen LogP contribution in [0.25, 0.3) is 10.8 Å². The molecule has 0 aromatic heterocycles. The first-order chi connectivity index (χ1) is 10.4. The number of rotatable bonds is 2. The number of phenolic OH excluding ortho intramolecular Hbond substituents is 1. The predicted octanol–water partition coefficient (Wildman–Crippen LogP) is 3.29. The molecule has 2 aromatic carbocycles. The van der Waals surface area contributed by atoms with Crippen molar-refractivity contribution in [3.05, 3.63) is 35.1 Å². The van der Waals surface area contributed by atoms with Crippen LogP contribution in [-0.4, -0.2) is 30.2 Å². The summed E-state index contributed by atoms with van der Waals surface area (Å²) in [6, 6.07) is 4.48. The number of aryl methyl sites for hydroxylation is 1. The number of ether oxygens (including phenoxy) is 1. The molecule has 0 radical (unpaired) electrons. The van der Waals surface area contributed by atoms with Gasteiger partial charge < -0.3 is 14.7 Å². The Kier molecular flexibility index (Phi) is 4.22. The van der Waals surface area contributed by atoms with Crippen LogP contribution in [-0.2, 0) is 6.42 Å². The number of carbonyl (C=O) groups excluding carboxylic acids is 1. The van der Waals surface area contributed by atoms with Gasteiger partial charge in [0.2, 0.25) is 0 Å². The van der Waals surface area contributed by atoms with Gasteiger partial charge >= 0.3 is 6.09 Å². The Bertz CT molecular complexity index is 791. The quantitative estimate of drug-likeness (QED) is 0.866. The summed E-state index contributed by atoms with van der Waals surface area (Å²) in [5, 5.41) is 10.7. The van der Waals surface area contributed by atoms with Crippen LogP contribution in [0.2, 0.25) is 0 Å². The van der Waals surface area contributed by atoms with Gasteiger partial charge in [-0.25, -0.2) is 9.18 Å². The standard InChI is InChI=1S/C17H16FNO3/c1-5-10-7-12(22-17(21)19(3)4)8-11-9-14(20)16(18)13(6-2)15(10)11/h2,7-9,20H,5H2,1,3-4H3. The van der Waals surface area contributed by atoms with E-state index in [9.17, 15) is 14.3 Å². The zero-order valence-corrected chi connectivity index (χ0v) is 12.6. The molecule has 0 atom stereocenters. The Balaban J connectivity index is 2.70. The normalized spacial score (nSPS) is 10.3. The first-order valence-electron chi connectivity index (χ1n) is 6.72. The van der Waals surface area contributed by atoms with Crippen LogP contribution < -0.4 is 4.74 Å². The third kappa shape index (κ3) is 2.68. The SMILES string of the molecule is C#Cc1c(F)c(O)cc2cc(OC(=O)N(C)C)cc(CC)c12. The van der Waals surface area contributed by atoms with Gasteiger partial charge in [0.1, 0.15) is 5.75 Å². The second-order valence-corrected chi connectivity index (χ2v) is 5.03. The number of fused-ring (bicyclic) bond motifs is 1. The summed E-state index contributed by atoms with van der Waals surface area (Å²) in [6.45, 7) is 1.89. The highest BCUT2D eigenvalue weighted by Gasteiger charge is 2.16. The number of phenols is 1. The fraction of sp³-hybridized carbons (Fsp3) is 0.235. The Morgan fingerprint density at radius 3 is 2.64 bits per heavy atom. The first-order valence-corrected chi connectivity index (χ1v) is 6.72. The number of nitrogens with zero attached hydrogens (tertiary/aromatic N) is 1. The largest absolute Gasteiger partial charge is 0.505 e. The molecule has 22 heavy (non-hydrogen) atoms. The van der Waals surface area contributed by atoms with Crippen LogP contribution in [0.15, 0.2) is 18.2 Å².